The van der Waals surface area contributed by atoms with Crippen molar-refractivity contribution < 1.29 is 5.11 Å². The highest BCUT2D eigenvalue weighted by Gasteiger charge is 2.34. The van der Waals surface area contributed by atoms with Gasteiger partial charge in [-0.1, -0.05) is 36.8 Å². The molecule has 2 bridgehead atoms. The summed E-state index contributed by atoms with van der Waals surface area (Å²) in [5.41, 5.74) is 1.41. The lowest BCUT2D eigenvalue weighted by Gasteiger charge is -2.40. The number of nitrogens with zero attached hydrogens (tertiary/aromatic N) is 1. The van der Waals surface area contributed by atoms with Gasteiger partial charge in [0.2, 0.25) is 0 Å². The van der Waals surface area contributed by atoms with E-state index in [1.165, 1.54) is 31.2 Å². The molecule has 1 aromatic carbocycles. The van der Waals surface area contributed by atoms with Gasteiger partial charge < -0.3 is 5.11 Å². The first kappa shape index (κ1) is 12.2. The summed E-state index contributed by atoms with van der Waals surface area (Å²) in [5, 5.41) is 9.99. The molecule has 1 aromatic rings. The number of fused-ring (bicyclic) bond motifs is 2. The minimum Gasteiger partial charge on any atom is -0.393 e. The first-order chi connectivity index (χ1) is 8.83. The maximum absolute atomic E-state index is 9.99. The van der Waals surface area contributed by atoms with Crippen molar-refractivity contribution in [1.29, 1.82) is 0 Å². The van der Waals surface area contributed by atoms with Crippen molar-refractivity contribution in [3.8, 4) is 0 Å². The third-order valence-electron chi connectivity index (χ3n) is 4.60. The number of benzene rings is 1. The number of hydrogen-bond donors (Lipinski definition) is 1. The van der Waals surface area contributed by atoms with Crippen LogP contribution < -0.4 is 0 Å². The van der Waals surface area contributed by atoms with Crippen LogP contribution in [0.1, 0.15) is 44.1 Å². The van der Waals surface area contributed by atoms with Crippen LogP contribution in [0.5, 0.6) is 0 Å². The minimum absolute atomic E-state index is 0.0728. The van der Waals surface area contributed by atoms with E-state index in [9.17, 15) is 5.11 Å². The predicted octanol–water partition coefficient (Wildman–Crippen LogP) is 2.95. The monoisotopic (exact) mass is 245 g/mol. The topological polar surface area (TPSA) is 23.5 Å². The predicted molar refractivity (Wildman–Crippen MR) is 73.3 cm³/mol. The normalized spacial score (nSPS) is 33.1. The maximum Gasteiger partial charge on any atom is 0.0555 e. The van der Waals surface area contributed by atoms with Crippen molar-refractivity contribution in [3.63, 3.8) is 0 Å². The van der Waals surface area contributed by atoms with Crippen LogP contribution >= 0.6 is 0 Å². The summed E-state index contributed by atoms with van der Waals surface area (Å²) in [6.07, 6.45) is 6.99. The number of aliphatic hydroxyl groups excluding tert-OH is 1. The zero-order valence-corrected chi connectivity index (χ0v) is 11.0. The second kappa shape index (κ2) is 5.41. The van der Waals surface area contributed by atoms with Gasteiger partial charge in [0.1, 0.15) is 0 Å². The molecule has 3 rings (SSSR count). The van der Waals surface area contributed by atoms with Crippen LogP contribution in [0.4, 0.5) is 0 Å². The van der Waals surface area contributed by atoms with Crippen LogP contribution in [-0.4, -0.2) is 28.2 Å². The lowest BCUT2D eigenvalue weighted by Crippen LogP contribution is -2.45. The van der Waals surface area contributed by atoms with E-state index in [4.69, 9.17) is 0 Å². The van der Waals surface area contributed by atoms with Crippen LogP contribution in [0, 0.1) is 0 Å². The van der Waals surface area contributed by atoms with Gasteiger partial charge >= 0.3 is 0 Å². The molecule has 2 heteroatoms. The lowest BCUT2D eigenvalue weighted by atomic mass is 9.93. The Bertz CT molecular complexity index is 378. The highest BCUT2D eigenvalue weighted by Crippen LogP contribution is 2.33. The third-order valence-corrected chi connectivity index (χ3v) is 4.60. The Labute approximate surface area is 110 Å². The van der Waals surface area contributed by atoms with Crippen molar-refractivity contribution in [1.82, 2.24) is 4.90 Å². The van der Waals surface area contributed by atoms with Gasteiger partial charge in [0.05, 0.1) is 6.10 Å². The molecule has 2 heterocycles. The molecule has 2 fully saturated rings. The minimum atomic E-state index is -0.0728. The zero-order chi connectivity index (χ0) is 12.4. The summed E-state index contributed by atoms with van der Waals surface area (Å²) in [5.74, 6) is 0. The molecule has 2 aliphatic rings. The SMILES string of the molecule is OC1CCC2CCCC(C1)N2Cc1ccccc1. The largest absolute Gasteiger partial charge is 0.393 e. The first-order valence-corrected chi connectivity index (χ1v) is 7.30. The summed E-state index contributed by atoms with van der Waals surface area (Å²) in [6.45, 7) is 1.06. The Morgan fingerprint density at radius 3 is 2.61 bits per heavy atom. The quantitative estimate of drug-likeness (QED) is 0.866. The van der Waals surface area contributed by atoms with E-state index in [1.807, 2.05) is 0 Å². The average molecular weight is 245 g/mol. The zero-order valence-electron chi connectivity index (χ0n) is 11.0. The first-order valence-electron chi connectivity index (χ1n) is 7.30. The number of hydrogen-bond acceptors (Lipinski definition) is 2. The van der Waals surface area contributed by atoms with E-state index in [0.717, 1.165) is 19.4 Å². The molecule has 1 N–H and O–H groups in total. The Balaban J connectivity index is 1.77. The molecular weight excluding hydrogens is 222 g/mol. The Morgan fingerprint density at radius 2 is 1.78 bits per heavy atom. The molecule has 0 saturated carbocycles. The molecule has 2 aliphatic heterocycles. The summed E-state index contributed by atoms with van der Waals surface area (Å²) >= 11 is 0. The fourth-order valence-corrected chi connectivity index (χ4v) is 3.65. The van der Waals surface area contributed by atoms with Crippen LogP contribution in [-0.2, 0) is 6.54 Å². The van der Waals surface area contributed by atoms with Gasteiger partial charge in [0, 0.05) is 18.6 Å². The van der Waals surface area contributed by atoms with Crippen molar-refractivity contribution in [3.05, 3.63) is 35.9 Å². The van der Waals surface area contributed by atoms with Gasteiger partial charge in [-0.15, -0.1) is 0 Å². The average Bonchev–Trinajstić information content (AvgIpc) is 2.48. The molecule has 0 radical (unpaired) electrons. The van der Waals surface area contributed by atoms with Gasteiger partial charge in [-0.05, 0) is 37.7 Å². The van der Waals surface area contributed by atoms with E-state index in [1.54, 1.807) is 0 Å². The molecule has 0 aliphatic carbocycles. The Kier molecular flexibility index (Phi) is 3.67. The fraction of sp³-hybridized carbons (Fsp3) is 0.625. The van der Waals surface area contributed by atoms with Crippen LogP contribution in [0.15, 0.2) is 30.3 Å². The highest BCUT2D eigenvalue weighted by molar-refractivity contribution is 5.15. The van der Waals surface area contributed by atoms with Crippen molar-refractivity contribution in [2.24, 2.45) is 0 Å². The van der Waals surface area contributed by atoms with Crippen LogP contribution in [0.25, 0.3) is 0 Å². The van der Waals surface area contributed by atoms with E-state index in [2.05, 4.69) is 35.2 Å². The van der Waals surface area contributed by atoms with E-state index in [-0.39, 0.29) is 6.10 Å². The molecule has 3 unspecified atom stereocenters. The second-order valence-electron chi connectivity index (χ2n) is 5.86. The molecule has 18 heavy (non-hydrogen) atoms. The van der Waals surface area contributed by atoms with Crippen LogP contribution in [0.3, 0.4) is 0 Å². The molecule has 3 atom stereocenters. The maximum atomic E-state index is 9.99. The van der Waals surface area contributed by atoms with Crippen molar-refractivity contribution >= 4 is 0 Å². The van der Waals surface area contributed by atoms with Gasteiger partial charge in [0.15, 0.2) is 0 Å². The van der Waals surface area contributed by atoms with E-state index in [0.29, 0.717) is 12.1 Å². The molecule has 2 nitrogen and oxygen atoms in total. The smallest absolute Gasteiger partial charge is 0.0555 e. The van der Waals surface area contributed by atoms with E-state index >= 15 is 0 Å². The van der Waals surface area contributed by atoms with Gasteiger partial charge in [-0.2, -0.15) is 0 Å². The van der Waals surface area contributed by atoms with Crippen LogP contribution in [0.2, 0.25) is 0 Å². The fourth-order valence-electron chi connectivity index (χ4n) is 3.65. The van der Waals surface area contributed by atoms with Gasteiger partial charge in [-0.25, -0.2) is 0 Å². The lowest BCUT2D eigenvalue weighted by molar-refractivity contribution is 0.0654. The molecule has 0 amide bonds. The molecule has 98 valence electrons. The summed E-state index contributed by atoms with van der Waals surface area (Å²) in [7, 11) is 0. The third kappa shape index (κ3) is 2.60. The van der Waals surface area contributed by atoms with E-state index < -0.39 is 0 Å². The number of piperidine rings is 1. The number of rotatable bonds is 2. The standard InChI is InChI=1S/C16H23NO/c18-16-10-9-14-7-4-8-15(11-16)17(14)12-13-5-2-1-3-6-13/h1-3,5-6,14-16,18H,4,7-12H2. The van der Waals surface area contributed by atoms with Crippen molar-refractivity contribution in [2.45, 2.75) is 63.3 Å². The highest BCUT2D eigenvalue weighted by atomic mass is 16.3. The molecular formula is C16H23NO. The summed E-state index contributed by atoms with van der Waals surface area (Å²) < 4.78 is 0. The van der Waals surface area contributed by atoms with Gasteiger partial charge in [0.25, 0.3) is 0 Å². The Hall–Kier alpha value is -0.860. The summed E-state index contributed by atoms with van der Waals surface area (Å²) in [6, 6.07) is 12.1. The molecule has 0 spiro atoms. The van der Waals surface area contributed by atoms with Crippen molar-refractivity contribution in [2.75, 3.05) is 0 Å². The second-order valence-corrected chi connectivity index (χ2v) is 5.86. The summed E-state index contributed by atoms with van der Waals surface area (Å²) in [4.78, 5) is 2.66. The number of aliphatic hydroxyl groups is 1. The molecule has 0 aromatic heterocycles. The molecule has 2 saturated heterocycles. The van der Waals surface area contributed by atoms with Gasteiger partial charge in [-0.3, -0.25) is 4.90 Å². The Morgan fingerprint density at radius 1 is 1.00 bits per heavy atom.